The predicted octanol–water partition coefficient (Wildman–Crippen LogP) is 2.56. The number of rotatable bonds is 5. The zero-order chi connectivity index (χ0) is 24.9. The lowest BCUT2D eigenvalue weighted by atomic mass is 9.71. The highest BCUT2D eigenvalue weighted by Crippen LogP contribution is 2.45. The van der Waals surface area contributed by atoms with Crippen molar-refractivity contribution in [2.24, 2.45) is 5.41 Å². The summed E-state index contributed by atoms with van der Waals surface area (Å²) in [5, 5.41) is 2.38. The Morgan fingerprint density at radius 3 is 2.58 bits per heavy atom. The van der Waals surface area contributed by atoms with Crippen LogP contribution in [-0.4, -0.2) is 66.9 Å². The minimum atomic E-state index is -0.577. The van der Waals surface area contributed by atoms with Gasteiger partial charge in [0.2, 0.25) is 11.8 Å². The third-order valence-electron chi connectivity index (χ3n) is 8.41. The fourth-order valence-electron chi connectivity index (χ4n) is 6.33. The Morgan fingerprint density at radius 2 is 1.83 bits per heavy atom. The van der Waals surface area contributed by atoms with Crippen LogP contribution in [0.15, 0.2) is 42.5 Å². The Balaban J connectivity index is 1.09. The van der Waals surface area contributed by atoms with Crippen molar-refractivity contribution in [1.29, 1.82) is 0 Å². The van der Waals surface area contributed by atoms with Crippen LogP contribution in [0.5, 0.6) is 5.75 Å². The third-order valence-corrected chi connectivity index (χ3v) is 8.41. The zero-order valence-electron chi connectivity index (χ0n) is 20.7. The number of carbonyl (C=O) groups is 3. The van der Waals surface area contributed by atoms with Gasteiger partial charge in [-0.25, -0.2) is 0 Å². The van der Waals surface area contributed by atoms with Crippen molar-refractivity contribution in [2.45, 2.75) is 44.8 Å². The largest absolute Gasteiger partial charge is 0.497 e. The highest BCUT2D eigenvalue weighted by Gasteiger charge is 2.47. The average Bonchev–Trinajstić information content (AvgIpc) is 3.20. The van der Waals surface area contributed by atoms with Crippen LogP contribution in [-0.2, 0) is 22.7 Å². The number of amides is 3. The molecule has 6 rings (SSSR count). The van der Waals surface area contributed by atoms with Gasteiger partial charge < -0.3 is 14.5 Å². The maximum Gasteiger partial charge on any atom is 0.255 e. The van der Waals surface area contributed by atoms with Crippen molar-refractivity contribution < 1.29 is 19.1 Å². The topological polar surface area (TPSA) is 82.2 Å². The number of methoxy groups -OCH3 is 1. The van der Waals surface area contributed by atoms with Crippen molar-refractivity contribution in [3.05, 3.63) is 59.2 Å². The van der Waals surface area contributed by atoms with Crippen molar-refractivity contribution >= 4 is 23.4 Å². The van der Waals surface area contributed by atoms with Gasteiger partial charge in [0, 0.05) is 54.8 Å². The molecule has 4 aliphatic heterocycles. The molecular formula is C28H32N4O4. The van der Waals surface area contributed by atoms with Crippen LogP contribution in [0.4, 0.5) is 5.69 Å². The van der Waals surface area contributed by atoms with Crippen LogP contribution in [0.1, 0.15) is 47.2 Å². The van der Waals surface area contributed by atoms with Crippen LogP contribution in [0.3, 0.4) is 0 Å². The van der Waals surface area contributed by atoms with Gasteiger partial charge in [0.25, 0.3) is 5.91 Å². The molecule has 8 nitrogen and oxygen atoms in total. The fourth-order valence-corrected chi connectivity index (χ4v) is 6.33. The molecular weight excluding hydrogens is 456 g/mol. The summed E-state index contributed by atoms with van der Waals surface area (Å²) in [5.41, 5.74) is 4.42. The highest BCUT2D eigenvalue weighted by molar-refractivity contribution is 6.06. The number of nitrogens with one attached hydrogen (secondary N) is 1. The second kappa shape index (κ2) is 8.92. The Hall–Kier alpha value is -3.39. The number of anilines is 1. The van der Waals surface area contributed by atoms with Gasteiger partial charge in [0.1, 0.15) is 11.8 Å². The smallest absolute Gasteiger partial charge is 0.255 e. The van der Waals surface area contributed by atoms with E-state index in [2.05, 4.69) is 33.3 Å². The molecule has 3 saturated heterocycles. The number of hydrogen-bond acceptors (Lipinski definition) is 6. The molecule has 0 aromatic heterocycles. The van der Waals surface area contributed by atoms with Gasteiger partial charge in [-0.3, -0.25) is 24.6 Å². The van der Waals surface area contributed by atoms with Crippen LogP contribution in [0.2, 0.25) is 0 Å². The molecule has 3 amide bonds. The summed E-state index contributed by atoms with van der Waals surface area (Å²) in [6, 6.07) is 13.6. The molecule has 4 heterocycles. The van der Waals surface area contributed by atoms with E-state index in [0.29, 0.717) is 23.9 Å². The summed E-state index contributed by atoms with van der Waals surface area (Å²) in [6.07, 6.45) is 3.00. The zero-order valence-corrected chi connectivity index (χ0v) is 20.7. The number of hydrogen-bond donors (Lipinski definition) is 1. The van der Waals surface area contributed by atoms with Gasteiger partial charge in [-0.2, -0.15) is 0 Å². The molecule has 1 N–H and O–H groups in total. The predicted molar refractivity (Wildman–Crippen MR) is 135 cm³/mol. The second-order valence-corrected chi connectivity index (χ2v) is 10.7. The minimum Gasteiger partial charge on any atom is -0.497 e. The monoisotopic (exact) mass is 488 g/mol. The fraction of sp³-hybridized carbons (Fsp3) is 0.464. The van der Waals surface area contributed by atoms with Gasteiger partial charge >= 0.3 is 0 Å². The average molecular weight is 489 g/mol. The Labute approximate surface area is 211 Å². The van der Waals surface area contributed by atoms with E-state index < -0.39 is 6.04 Å². The van der Waals surface area contributed by atoms with Crippen molar-refractivity contribution in [1.82, 2.24) is 15.1 Å². The number of piperidine rings is 2. The Kier molecular flexibility index (Phi) is 5.71. The lowest BCUT2D eigenvalue weighted by Gasteiger charge is -2.55. The summed E-state index contributed by atoms with van der Waals surface area (Å²) in [6.45, 7) is 5.54. The molecule has 188 valence electrons. The summed E-state index contributed by atoms with van der Waals surface area (Å²) in [7, 11) is 1.70. The van der Waals surface area contributed by atoms with Crippen LogP contribution in [0.25, 0.3) is 0 Å². The lowest BCUT2D eigenvalue weighted by Crippen LogP contribution is -2.60. The van der Waals surface area contributed by atoms with Crippen molar-refractivity contribution in [3.63, 3.8) is 0 Å². The van der Waals surface area contributed by atoms with E-state index in [1.54, 1.807) is 12.0 Å². The molecule has 36 heavy (non-hydrogen) atoms. The summed E-state index contributed by atoms with van der Waals surface area (Å²) >= 11 is 0. The van der Waals surface area contributed by atoms with E-state index in [9.17, 15) is 14.4 Å². The first-order valence-electron chi connectivity index (χ1n) is 12.8. The van der Waals surface area contributed by atoms with Gasteiger partial charge in [-0.1, -0.05) is 18.2 Å². The van der Waals surface area contributed by atoms with Crippen molar-refractivity contribution in [3.8, 4) is 5.75 Å². The molecule has 0 aliphatic carbocycles. The van der Waals surface area contributed by atoms with E-state index in [-0.39, 0.29) is 24.1 Å². The van der Waals surface area contributed by atoms with Crippen LogP contribution < -0.4 is 15.0 Å². The van der Waals surface area contributed by atoms with E-state index >= 15 is 0 Å². The normalized spacial score (nSPS) is 23.5. The van der Waals surface area contributed by atoms with E-state index in [1.165, 1.54) is 18.4 Å². The number of benzene rings is 2. The summed E-state index contributed by atoms with van der Waals surface area (Å²) < 4.78 is 5.36. The lowest BCUT2D eigenvalue weighted by molar-refractivity contribution is -0.136. The molecule has 1 atom stereocenters. The molecule has 1 spiro atoms. The first kappa shape index (κ1) is 23.0. The maximum absolute atomic E-state index is 13.2. The maximum atomic E-state index is 13.2. The number of imide groups is 1. The van der Waals surface area contributed by atoms with Gasteiger partial charge in [0.15, 0.2) is 0 Å². The number of nitrogens with zero attached hydrogens (tertiary/aromatic N) is 3. The number of carbonyl (C=O) groups excluding carboxylic acids is 3. The van der Waals surface area contributed by atoms with Crippen LogP contribution >= 0.6 is 0 Å². The molecule has 0 saturated carbocycles. The first-order valence-corrected chi connectivity index (χ1v) is 12.8. The minimum absolute atomic E-state index is 0.109. The molecule has 0 bridgehead atoms. The summed E-state index contributed by atoms with van der Waals surface area (Å²) in [4.78, 5) is 43.7. The molecule has 2 aromatic carbocycles. The number of fused-ring (bicyclic) bond motifs is 1. The van der Waals surface area contributed by atoms with Gasteiger partial charge in [0.05, 0.1) is 7.11 Å². The van der Waals surface area contributed by atoms with E-state index in [1.807, 2.05) is 24.3 Å². The molecule has 0 radical (unpaired) electrons. The first-order chi connectivity index (χ1) is 17.4. The highest BCUT2D eigenvalue weighted by atomic mass is 16.5. The molecule has 1 unspecified atom stereocenters. The molecule has 8 heteroatoms. The number of ether oxygens (including phenoxy) is 1. The van der Waals surface area contributed by atoms with Crippen LogP contribution in [0, 0.1) is 5.41 Å². The van der Waals surface area contributed by atoms with Gasteiger partial charge in [-0.05, 0) is 62.2 Å². The molecule has 2 aromatic rings. The van der Waals surface area contributed by atoms with Gasteiger partial charge in [-0.15, -0.1) is 0 Å². The SMILES string of the molecule is COc1cccc(CN2CCC3(CC2)CN(c2cccc4c2CN(C2CCC(=O)NC2=O)C4=O)C3)c1. The Morgan fingerprint density at radius 1 is 1.06 bits per heavy atom. The third kappa shape index (κ3) is 4.03. The standard InChI is InChI=1S/C28H32N4O4/c1-36-20-5-2-4-19(14-20)15-30-12-10-28(11-13-30)17-31(18-28)23-7-3-6-21-22(23)16-32(27(21)35)24-8-9-25(33)29-26(24)34/h2-7,14,24H,8-13,15-18H2,1H3,(H,29,33,34). The van der Waals surface area contributed by atoms with E-state index in [4.69, 9.17) is 4.74 Å². The Bertz CT molecular complexity index is 1210. The van der Waals surface area contributed by atoms with Crippen molar-refractivity contribution in [2.75, 3.05) is 38.2 Å². The number of likely N-dealkylation sites (tertiary alicyclic amines) is 1. The molecule has 3 fully saturated rings. The second-order valence-electron chi connectivity index (χ2n) is 10.7. The quantitative estimate of drug-likeness (QED) is 0.652. The summed E-state index contributed by atoms with van der Waals surface area (Å²) in [5.74, 6) is 0.169. The molecule has 4 aliphatic rings. The van der Waals surface area contributed by atoms with E-state index in [0.717, 1.165) is 49.7 Å².